The number of nitrogens with two attached hydrogens (primary N) is 1. The van der Waals surface area contributed by atoms with Crippen LogP contribution >= 0.6 is 11.8 Å². The Morgan fingerprint density at radius 1 is 1.14 bits per heavy atom. The molecule has 106 valence electrons. The van der Waals surface area contributed by atoms with Gasteiger partial charge in [0.1, 0.15) is 11.2 Å². The fraction of sp³-hybridized carbons (Fsp3) is 0.125. The number of amides is 1. The summed E-state index contributed by atoms with van der Waals surface area (Å²) in [6.45, 7) is 0. The van der Waals surface area contributed by atoms with Gasteiger partial charge in [-0.2, -0.15) is 0 Å². The van der Waals surface area contributed by atoms with Crippen LogP contribution in [0.2, 0.25) is 0 Å². The van der Waals surface area contributed by atoms with Gasteiger partial charge in [-0.25, -0.2) is 0 Å². The molecule has 0 saturated carbocycles. The standard InChI is InChI=1S/C16H15N3OS/c17-13-8-6-12(7-9-13)16-19-14(10-21-16)18-15(20)11-4-2-1-3-5-11/h1-9,14H,10,17H2,(H,18,20). The van der Waals surface area contributed by atoms with Gasteiger partial charge >= 0.3 is 0 Å². The SMILES string of the molecule is Nc1ccc(C2=NC(NC(=O)c3ccccc3)CS2)cc1. The van der Waals surface area contributed by atoms with E-state index in [-0.39, 0.29) is 12.1 Å². The summed E-state index contributed by atoms with van der Waals surface area (Å²) in [7, 11) is 0. The minimum Gasteiger partial charge on any atom is -0.399 e. The van der Waals surface area contributed by atoms with Gasteiger partial charge in [0.25, 0.3) is 5.91 Å². The van der Waals surface area contributed by atoms with E-state index in [0.29, 0.717) is 5.56 Å². The van der Waals surface area contributed by atoms with Crippen LogP contribution in [-0.2, 0) is 0 Å². The van der Waals surface area contributed by atoms with Crippen molar-refractivity contribution in [2.24, 2.45) is 4.99 Å². The summed E-state index contributed by atoms with van der Waals surface area (Å²) in [5, 5.41) is 3.87. The Hall–Kier alpha value is -2.27. The highest BCUT2D eigenvalue weighted by atomic mass is 32.2. The molecule has 4 nitrogen and oxygen atoms in total. The van der Waals surface area contributed by atoms with Crippen LogP contribution in [0, 0.1) is 0 Å². The molecular formula is C16H15N3OS. The van der Waals surface area contributed by atoms with Crippen LogP contribution in [0.25, 0.3) is 0 Å². The zero-order valence-electron chi connectivity index (χ0n) is 11.3. The average Bonchev–Trinajstić information content (AvgIpc) is 2.97. The predicted molar refractivity (Wildman–Crippen MR) is 87.5 cm³/mol. The van der Waals surface area contributed by atoms with E-state index in [2.05, 4.69) is 10.3 Å². The third kappa shape index (κ3) is 3.25. The largest absolute Gasteiger partial charge is 0.399 e. The summed E-state index contributed by atoms with van der Waals surface area (Å²) >= 11 is 1.64. The molecule has 1 heterocycles. The first-order valence-corrected chi connectivity index (χ1v) is 7.63. The number of nitrogens with one attached hydrogen (secondary N) is 1. The van der Waals surface area contributed by atoms with E-state index in [4.69, 9.17) is 5.73 Å². The Labute approximate surface area is 127 Å². The van der Waals surface area contributed by atoms with Crippen molar-refractivity contribution < 1.29 is 4.79 Å². The van der Waals surface area contributed by atoms with Gasteiger partial charge in [0.05, 0.1) is 0 Å². The topological polar surface area (TPSA) is 67.5 Å². The van der Waals surface area contributed by atoms with Gasteiger partial charge in [-0.05, 0) is 24.3 Å². The Morgan fingerprint density at radius 2 is 1.86 bits per heavy atom. The molecule has 1 unspecified atom stereocenters. The van der Waals surface area contributed by atoms with E-state index in [1.807, 2.05) is 42.5 Å². The molecule has 21 heavy (non-hydrogen) atoms. The summed E-state index contributed by atoms with van der Waals surface area (Å²) < 4.78 is 0. The van der Waals surface area contributed by atoms with Crippen molar-refractivity contribution >= 4 is 28.4 Å². The van der Waals surface area contributed by atoms with Gasteiger partial charge in [-0.1, -0.05) is 30.3 Å². The first kappa shape index (κ1) is 13.7. The summed E-state index contributed by atoms with van der Waals surface area (Å²) in [6.07, 6.45) is -0.185. The third-order valence-electron chi connectivity index (χ3n) is 3.14. The van der Waals surface area contributed by atoms with Crippen molar-refractivity contribution in [2.45, 2.75) is 6.17 Å². The Morgan fingerprint density at radius 3 is 2.57 bits per heavy atom. The second kappa shape index (κ2) is 6.01. The summed E-state index contributed by atoms with van der Waals surface area (Å²) in [5.41, 5.74) is 8.10. The summed E-state index contributed by atoms with van der Waals surface area (Å²) in [6, 6.07) is 16.8. The number of hydrogen-bond donors (Lipinski definition) is 2. The molecule has 3 N–H and O–H groups in total. The average molecular weight is 297 g/mol. The number of nitrogen functional groups attached to an aromatic ring is 1. The molecule has 2 aromatic rings. The van der Waals surface area contributed by atoms with Crippen LogP contribution in [0.5, 0.6) is 0 Å². The van der Waals surface area contributed by atoms with Crippen LogP contribution in [-0.4, -0.2) is 22.9 Å². The number of benzene rings is 2. The molecule has 0 bridgehead atoms. The van der Waals surface area contributed by atoms with Crippen molar-refractivity contribution in [3.63, 3.8) is 0 Å². The second-order valence-corrected chi connectivity index (χ2v) is 5.73. The van der Waals surface area contributed by atoms with Crippen molar-refractivity contribution in [3.05, 3.63) is 65.7 Å². The molecule has 1 aliphatic rings. The van der Waals surface area contributed by atoms with Crippen LogP contribution in [0.1, 0.15) is 15.9 Å². The number of nitrogens with zero attached hydrogens (tertiary/aromatic N) is 1. The van der Waals surface area contributed by atoms with Gasteiger partial charge in [0, 0.05) is 22.6 Å². The Bertz CT molecular complexity index is 668. The van der Waals surface area contributed by atoms with Crippen LogP contribution < -0.4 is 11.1 Å². The zero-order valence-corrected chi connectivity index (χ0v) is 12.1. The fourth-order valence-corrected chi connectivity index (χ4v) is 3.03. The first-order valence-electron chi connectivity index (χ1n) is 6.65. The van der Waals surface area contributed by atoms with E-state index in [0.717, 1.165) is 22.0 Å². The van der Waals surface area contributed by atoms with Crippen LogP contribution in [0.3, 0.4) is 0 Å². The normalized spacial score (nSPS) is 17.3. The minimum absolute atomic E-state index is 0.0940. The lowest BCUT2D eigenvalue weighted by molar-refractivity contribution is 0.0942. The molecular weight excluding hydrogens is 282 g/mol. The summed E-state index contributed by atoms with van der Waals surface area (Å²) in [4.78, 5) is 16.6. The zero-order chi connectivity index (χ0) is 14.7. The highest BCUT2D eigenvalue weighted by molar-refractivity contribution is 8.14. The lowest BCUT2D eigenvalue weighted by Crippen LogP contribution is -2.33. The molecule has 0 saturated heterocycles. The smallest absolute Gasteiger partial charge is 0.252 e. The van der Waals surface area contributed by atoms with Crippen molar-refractivity contribution in [3.8, 4) is 0 Å². The monoisotopic (exact) mass is 297 g/mol. The molecule has 0 spiro atoms. The number of carbonyl (C=O) groups excluding carboxylic acids is 1. The van der Waals surface area contributed by atoms with E-state index in [1.54, 1.807) is 23.9 Å². The third-order valence-corrected chi connectivity index (χ3v) is 4.24. The van der Waals surface area contributed by atoms with E-state index < -0.39 is 0 Å². The quantitative estimate of drug-likeness (QED) is 0.855. The number of anilines is 1. The highest BCUT2D eigenvalue weighted by Gasteiger charge is 2.21. The number of hydrogen-bond acceptors (Lipinski definition) is 4. The summed E-state index contributed by atoms with van der Waals surface area (Å²) in [5.74, 6) is 0.654. The lowest BCUT2D eigenvalue weighted by atomic mass is 10.2. The number of aliphatic imine (C=N–C) groups is 1. The first-order chi connectivity index (χ1) is 10.2. The van der Waals surface area contributed by atoms with Crippen molar-refractivity contribution in [2.75, 3.05) is 11.5 Å². The Kier molecular flexibility index (Phi) is 3.92. The van der Waals surface area contributed by atoms with Crippen LogP contribution in [0.4, 0.5) is 5.69 Å². The maximum absolute atomic E-state index is 12.1. The van der Waals surface area contributed by atoms with Gasteiger partial charge in [-0.15, -0.1) is 11.8 Å². The highest BCUT2D eigenvalue weighted by Crippen LogP contribution is 2.23. The van der Waals surface area contributed by atoms with Crippen molar-refractivity contribution in [1.29, 1.82) is 0 Å². The predicted octanol–water partition coefficient (Wildman–Crippen LogP) is 2.52. The van der Waals surface area contributed by atoms with Gasteiger partial charge < -0.3 is 11.1 Å². The molecule has 0 aromatic heterocycles. The van der Waals surface area contributed by atoms with E-state index in [1.165, 1.54) is 0 Å². The molecule has 0 aliphatic carbocycles. The van der Waals surface area contributed by atoms with E-state index in [9.17, 15) is 4.79 Å². The fourth-order valence-electron chi connectivity index (χ4n) is 2.06. The maximum atomic E-state index is 12.1. The van der Waals surface area contributed by atoms with Crippen LogP contribution in [0.15, 0.2) is 59.6 Å². The lowest BCUT2D eigenvalue weighted by Gasteiger charge is -2.08. The molecule has 1 amide bonds. The number of carbonyl (C=O) groups is 1. The minimum atomic E-state index is -0.185. The van der Waals surface area contributed by atoms with Gasteiger partial charge in [-0.3, -0.25) is 9.79 Å². The molecule has 0 radical (unpaired) electrons. The maximum Gasteiger partial charge on any atom is 0.252 e. The molecule has 2 aromatic carbocycles. The number of thioether (sulfide) groups is 1. The molecule has 0 fully saturated rings. The second-order valence-electron chi connectivity index (χ2n) is 4.72. The molecule has 1 atom stereocenters. The molecule has 3 rings (SSSR count). The van der Waals surface area contributed by atoms with Gasteiger partial charge in [0.15, 0.2) is 0 Å². The molecule has 5 heteroatoms. The van der Waals surface area contributed by atoms with Crippen molar-refractivity contribution in [1.82, 2.24) is 5.32 Å². The van der Waals surface area contributed by atoms with E-state index >= 15 is 0 Å². The molecule has 1 aliphatic heterocycles. The Balaban J connectivity index is 1.69. The van der Waals surface area contributed by atoms with Gasteiger partial charge in [0.2, 0.25) is 0 Å². The number of rotatable bonds is 3.